The molecule has 0 saturated heterocycles. The Morgan fingerprint density at radius 3 is 2.50 bits per heavy atom. The second-order valence-electron chi connectivity index (χ2n) is 3.95. The van der Waals surface area contributed by atoms with Crippen LogP contribution < -0.4 is 4.80 Å². The molecule has 112 valence electrons. The van der Waals surface area contributed by atoms with Gasteiger partial charge in [-0.15, -0.1) is 9.78 Å². The maximum atomic E-state index is 11.8. The van der Waals surface area contributed by atoms with Crippen molar-refractivity contribution in [2.45, 2.75) is 17.7 Å². The van der Waals surface area contributed by atoms with Crippen LogP contribution in [0, 0.1) is 0 Å². The molecular formula is C9H14N4O5S2. The van der Waals surface area contributed by atoms with E-state index in [1.165, 1.54) is 14.1 Å². The summed E-state index contributed by atoms with van der Waals surface area (Å²) in [6, 6.07) is -0.705. The van der Waals surface area contributed by atoms with Crippen LogP contribution >= 0.6 is 11.3 Å². The van der Waals surface area contributed by atoms with E-state index in [0.717, 1.165) is 4.90 Å². The topological polar surface area (TPSA) is 122 Å². The van der Waals surface area contributed by atoms with Crippen LogP contribution in [0.25, 0.3) is 0 Å². The standard InChI is InChI=1S/C9H14N4O5S2/c1-4-5-20(17,18)8-11-13(9(15)16)7(19-8)10-6(14)12(2)3/h4-5H2,1-3H3,(H,15,16). The summed E-state index contributed by atoms with van der Waals surface area (Å²) in [7, 11) is -0.789. The van der Waals surface area contributed by atoms with Gasteiger partial charge in [0.1, 0.15) is 0 Å². The molecule has 0 bridgehead atoms. The Morgan fingerprint density at radius 2 is 2.05 bits per heavy atom. The summed E-state index contributed by atoms with van der Waals surface area (Å²) in [6.07, 6.45) is -1.14. The van der Waals surface area contributed by atoms with E-state index in [1.54, 1.807) is 6.92 Å². The first kappa shape index (κ1) is 16.3. The number of hydrogen-bond acceptors (Lipinski definition) is 6. The molecule has 1 aromatic rings. The summed E-state index contributed by atoms with van der Waals surface area (Å²) in [5.41, 5.74) is 0. The highest BCUT2D eigenvalue weighted by molar-refractivity contribution is 7.93. The van der Waals surface area contributed by atoms with Gasteiger partial charge in [-0.3, -0.25) is 0 Å². The predicted molar refractivity (Wildman–Crippen MR) is 70.5 cm³/mol. The number of carbonyl (C=O) groups is 2. The lowest BCUT2D eigenvalue weighted by molar-refractivity contribution is 0.191. The van der Waals surface area contributed by atoms with Crippen LogP contribution in [0.3, 0.4) is 0 Å². The van der Waals surface area contributed by atoms with Crippen LogP contribution in [-0.2, 0) is 9.84 Å². The van der Waals surface area contributed by atoms with Crippen LogP contribution in [0.4, 0.5) is 9.59 Å². The first-order valence-electron chi connectivity index (χ1n) is 5.51. The zero-order chi connectivity index (χ0) is 15.5. The number of amides is 2. The summed E-state index contributed by atoms with van der Waals surface area (Å²) in [5, 5.41) is 12.4. The average molecular weight is 322 g/mol. The summed E-state index contributed by atoms with van der Waals surface area (Å²) in [4.78, 5) is 26.8. The molecule has 0 aliphatic heterocycles. The molecule has 0 aliphatic carbocycles. The van der Waals surface area contributed by atoms with Crippen LogP contribution in [-0.4, -0.2) is 60.2 Å². The summed E-state index contributed by atoms with van der Waals surface area (Å²) in [5.74, 6) is -0.152. The normalized spacial score (nSPS) is 12.4. The molecule has 0 saturated carbocycles. The van der Waals surface area contributed by atoms with Crippen molar-refractivity contribution < 1.29 is 23.1 Å². The second kappa shape index (κ2) is 6.13. The molecule has 1 N–H and O–H groups in total. The maximum absolute atomic E-state index is 11.8. The number of sulfone groups is 1. The van der Waals surface area contributed by atoms with Gasteiger partial charge in [0.25, 0.3) is 0 Å². The highest BCUT2D eigenvalue weighted by Gasteiger charge is 2.22. The van der Waals surface area contributed by atoms with Gasteiger partial charge in [-0.05, 0) is 6.42 Å². The minimum atomic E-state index is -3.66. The first-order chi connectivity index (χ1) is 9.19. The van der Waals surface area contributed by atoms with Crippen molar-refractivity contribution in [2.75, 3.05) is 19.8 Å². The van der Waals surface area contributed by atoms with E-state index < -0.39 is 22.0 Å². The van der Waals surface area contributed by atoms with Gasteiger partial charge >= 0.3 is 12.1 Å². The Morgan fingerprint density at radius 1 is 1.45 bits per heavy atom. The molecule has 1 aromatic heterocycles. The third-order valence-corrected chi connectivity index (χ3v) is 5.31. The molecule has 0 radical (unpaired) electrons. The molecule has 0 aliphatic rings. The zero-order valence-electron chi connectivity index (χ0n) is 11.1. The van der Waals surface area contributed by atoms with Crippen molar-refractivity contribution in [3.05, 3.63) is 4.80 Å². The van der Waals surface area contributed by atoms with Crippen molar-refractivity contribution in [1.82, 2.24) is 14.7 Å². The Bertz CT molecular complexity index is 685. The summed E-state index contributed by atoms with van der Waals surface area (Å²) in [6.45, 7) is 1.68. The zero-order valence-corrected chi connectivity index (χ0v) is 12.7. The van der Waals surface area contributed by atoms with Gasteiger partial charge < -0.3 is 10.0 Å². The lowest BCUT2D eigenvalue weighted by atomic mass is 10.6. The van der Waals surface area contributed by atoms with Gasteiger partial charge in [-0.25, -0.2) is 18.0 Å². The van der Waals surface area contributed by atoms with Crippen molar-refractivity contribution in [3.63, 3.8) is 0 Å². The third-order valence-electron chi connectivity index (χ3n) is 2.04. The Balaban J connectivity index is 3.44. The van der Waals surface area contributed by atoms with E-state index in [9.17, 15) is 18.0 Å². The Kier molecular flexibility index (Phi) is 5.00. The highest BCUT2D eigenvalue weighted by Crippen LogP contribution is 2.11. The highest BCUT2D eigenvalue weighted by atomic mass is 32.2. The van der Waals surface area contributed by atoms with E-state index in [4.69, 9.17) is 5.11 Å². The number of rotatable bonds is 3. The fraction of sp³-hybridized carbons (Fsp3) is 0.556. The molecule has 2 amide bonds. The molecule has 1 heterocycles. The van der Waals surface area contributed by atoms with E-state index in [-0.39, 0.29) is 14.9 Å². The van der Waals surface area contributed by atoms with Crippen LogP contribution in [0.2, 0.25) is 0 Å². The molecule has 9 nitrogen and oxygen atoms in total. The van der Waals surface area contributed by atoms with Crippen LogP contribution in [0.15, 0.2) is 9.33 Å². The van der Waals surface area contributed by atoms with E-state index in [0.29, 0.717) is 22.4 Å². The smallest absolute Gasteiger partial charge is 0.434 e. The minimum Gasteiger partial charge on any atom is -0.463 e. The average Bonchev–Trinajstić information content (AvgIpc) is 2.73. The fourth-order valence-electron chi connectivity index (χ4n) is 1.12. The summed E-state index contributed by atoms with van der Waals surface area (Å²) >= 11 is 0.549. The van der Waals surface area contributed by atoms with E-state index in [1.807, 2.05) is 0 Å². The largest absolute Gasteiger partial charge is 0.463 e. The number of urea groups is 1. The second-order valence-corrected chi connectivity index (χ2v) is 7.19. The van der Waals surface area contributed by atoms with E-state index >= 15 is 0 Å². The molecule has 0 aromatic carbocycles. The molecule has 20 heavy (non-hydrogen) atoms. The number of hydrogen-bond donors (Lipinski definition) is 1. The number of carbonyl (C=O) groups excluding carboxylic acids is 1. The van der Waals surface area contributed by atoms with Gasteiger partial charge in [0.05, 0.1) is 5.75 Å². The van der Waals surface area contributed by atoms with E-state index in [2.05, 4.69) is 10.1 Å². The van der Waals surface area contributed by atoms with Gasteiger partial charge in [0.15, 0.2) is 0 Å². The monoisotopic (exact) mass is 322 g/mol. The predicted octanol–water partition coefficient (Wildman–Crippen LogP) is 0.237. The van der Waals surface area contributed by atoms with Crippen molar-refractivity contribution >= 4 is 33.3 Å². The molecular weight excluding hydrogens is 308 g/mol. The Hall–Kier alpha value is -1.75. The van der Waals surface area contributed by atoms with Crippen molar-refractivity contribution in [2.24, 2.45) is 4.99 Å². The van der Waals surface area contributed by atoms with Gasteiger partial charge in [0.2, 0.25) is 19.0 Å². The fourth-order valence-corrected chi connectivity index (χ4v) is 3.63. The molecule has 11 heteroatoms. The van der Waals surface area contributed by atoms with Gasteiger partial charge in [-0.1, -0.05) is 18.3 Å². The van der Waals surface area contributed by atoms with Gasteiger partial charge in [-0.2, -0.15) is 4.99 Å². The maximum Gasteiger partial charge on any atom is 0.434 e. The summed E-state index contributed by atoms with van der Waals surface area (Å²) < 4.78 is 23.7. The quantitative estimate of drug-likeness (QED) is 0.850. The SMILES string of the molecule is CCCS(=O)(=O)c1nn(C(=O)O)c(=NC(=O)N(C)C)s1. The first-order valence-corrected chi connectivity index (χ1v) is 7.98. The Labute approximate surface area is 119 Å². The number of nitrogens with zero attached hydrogens (tertiary/aromatic N) is 4. The number of aromatic nitrogens is 2. The molecule has 0 atom stereocenters. The van der Waals surface area contributed by atoms with Crippen LogP contribution in [0.1, 0.15) is 13.3 Å². The van der Waals surface area contributed by atoms with Crippen molar-refractivity contribution in [1.29, 1.82) is 0 Å². The number of carboxylic acid groups (broad SMARTS) is 1. The van der Waals surface area contributed by atoms with Crippen molar-refractivity contribution in [3.8, 4) is 0 Å². The van der Waals surface area contributed by atoms with Gasteiger partial charge in [0, 0.05) is 14.1 Å². The van der Waals surface area contributed by atoms with Crippen LogP contribution in [0.5, 0.6) is 0 Å². The minimum absolute atomic E-state index is 0.152. The molecule has 0 spiro atoms. The molecule has 0 fully saturated rings. The third kappa shape index (κ3) is 3.63. The lowest BCUT2D eigenvalue weighted by Crippen LogP contribution is -2.27. The molecule has 0 unspecified atom stereocenters. The molecule has 1 rings (SSSR count). The lowest BCUT2D eigenvalue weighted by Gasteiger charge is -2.03.